The molecule has 0 heterocycles. The molecule has 0 saturated carbocycles. The number of benzene rings is 1. The Labute approximate surface area is 97.3 Å². The molecule has 0 saturated heterocycles. The molecule has 0 fully saturated rings. The van der Waals surface area contributed by atoms with Gasteiger partial charge in [0.2, 0.25) is 0 Å². The van der Waals surface area contributed by atoms with Crippen LogP contribution >= 0.6 is 0 Å². The average Bonchev–Trinajstić information content (AvgIpc) is 2.38. The Morgan fingerprint density at radius 3 is 2.69 bits per heavy atom. The maximum absolute atomic E-state index is 5.13. The van der Waals surface area contributed by atoms with Crippen LogP contribution in [-0.2, 0) is 6.54 Å². The van der Waals surface area contributed by atoms with Gasteiger partial charge in [0.15, 0.2) is 0 Å². The van der Waals surface area contributed by atoms with Crippen LogP contribution in [0.1, 0.15) is 24.8 Å². The van der Waals surface area contributed by atoms with Crippen molar-refractivity contribution in [3.8, 4) is 5.75 Å². The summed E-state index contributed by atoms with van der Waals surface area (Å²) in [4.78, 5) is 0. The van der Waals surface area contributed by atoms with E-state index in [4.69, 9.17) is 4.74 Å². The standard InChI is InChI=1S/C14H19NO/c1-16-14-9-7-12(8-10-14)11-15-13-5-3-2-4-6-13/h2-3,7-10,13,15H,4-6,11H2,1H3. The van der Waals surface area contributed by atoms with Gasteiger partial charge in [0.25, 0.3) is 0 Å². The van der Waals surface area contributed by atoms with E-state index in [-0.39, 0.29) is 0 Å². The molecule has 2 heteroatoms. The van der Waals surface area contributed by atoms with Crippen molar-refractivity contribution >= 4 is 0 Å². The van der Waals surface area contributed by atoms with Crippen LogP contribution in [0.4, 0.5) is 0 Å². The summed E-state index contributed by atoms with van der Waals surface area (Å²) < 4.78 is 5.13. The number of allylic oxidation sites excluding steroid dienone is 1. The molecule has 0 amide bonds. The van der Waals surface area contributed by atoms with Crippen LogP contribution in [0.5, 0.6) is 5.75 Å². The van der Waals surface area contributed by atoms with Gasteiger partial charge in [-0.25, -0.2) is 0 Å². The van der Waals surface area contributed by atoms with Gasteiger partial charge in [-0.3, -0.25) is 0 Å². The van der Waals surface area contributed by atoms with Gasteiger partial charge in [0.05, 0.1) is 7.11 Å². The van der Waals surface area contributed by atoms with Gasteiger partial charge < -0.3 is 10.1 Å². The van der Waals surface area contributed by atoms with E-state index in [9.17, 15) is 0 Å². The molecule has 1 aromatic carbocycles. The molecule has 16 heavy (non-hydrogen) atoms. The Morgan fingerprint density at radius 1 is 1.25 bits per heavy atom. The molecular weight excluding hydrogens is 198 g/mol. The van der Waals surface area contributed by atoms with Crippen molar-refractivity contribution in [2.24, 2.45) is 0 Å². The topological polar surface area (TPSA) is 21.3 Å². The molecule has 1 atom stereocenters. The second-order valence-corrected chi connectivity index (χ2v) is 4.21. The number of nitrogens with one attached hydrogen (secondary N) is 1. The summed E-state index contributed by atoms with van der Waals surface area (Å²) >= 11 is 0. The number of rotatable bonds is 4. The maximum Gasteiger partial charge on any atom is 0.118 e. The summed E-state index contributed by atoms with van der Waals surface area (Å²) in [5.41, 5.74) is 1.32. The summed E-state index contributed by atoms with van der Waals surface area (Å²) in [5.74, 6) is 0.921. The summed E-state index contributed by atoms with van der Waals surface area (Å²) in [5, 5.41) is 3.58. The first-order valence-electron chi connectivity index (χ1n) is 5.90. The van der Waals surface area contributed by atoms with Crippen LogP contribution in [0.2, 0.25) is 0 Å². The summed E-state index contributed by atoms with van der Waals surface area (Å²) in [6, 6.07) is 8.90. The maximum atomic E-state index is 5.13. The molecule has 0 aliphatic heterocycles. The molecule has 1 aliphatic carbocycles. The number of hydrogen-bond donors (Lipinski definition) is 1. The average molecular weight is 217 g/mol. The van der Waals surface area contributed by atoms with E-state index in [0.717, 1.165) is 18.7 Å². The quantitative estimate of drug-likeness (QED) is 0.783. The van der Waals surface area contributed by atoms with Crippen molar-refractivity contribution in [2.45, 2.75) is 31.8 Å². The van der Waals surface area contributed by atoms with Crippen molar-refractivity contribution in [3.63, 3.8) is 0 Å². The van der Waals surface area contributed by atoms with E-state index in [1.165, 1.54) is 18.4 Å². The zero-order chi connectivity index (χ0) is 11.2. The summed E-state index contributed by atoms with van der Waals surface area (Å²) in [6.07, 6.45) is 8.17. The third-order valence-corrected chi connectivity index (χ3v) is 3.02. The van der Waals surface area contributed by atoms with Crippen molar-refractivity contribution < 1.29 is 4.74 Å². The fourth-order valence-corrected chi connectivity index (χ4v) is 1.98. The Bertz CT molecular complexity index is 342. The van der Waals surface area contributed by atoms with Gasteiger partial charge in [0.1, 0.15) is 5.75 Å². The normalized spacial score (nSPS) is 19.7. The molecule has 0 radical (unpaired) electrons. The van der Waals surface area contributed by atoms with Gasteiger partial charge in [-0.2, -0.15) is 0 Å². The highest BCUT2D eigenvalue weighted by molar-refractivity contribution is 5.27. The van der Waals surface area contributed by atoms with E-state index in [0.29, 0.717) is 6.04 Å². The van der Waals surface area contributed by atoms with Crippen LogP contribution in [0.25, 0.3) is 0 Å². The lowest BCUT2D eigenvalue weighted by atomic mass is 10.0. The molecule has 0 spiro atoms. The smallest absolute Gasteiger partial charge is 0.118 e. The molecule has 1 unspecified atom stereocenters. The molecule has 2 rings (SSSR count). The van der Waals surface area contributed by atoms with E-state index in [1.54, 1.807) is 7.11 Å². The summed E-state index contributed by atoms with van der Waals surface area (Å²) in [6.45, 7) is 0.947. The second-order valence-electron chi connectivity index (χ2n) is 4.21. The number of hydrogen-bond acceptors (Lipinski definition) is 2. The van der Waals surface area contributed by atoms with Crippen molar-refractivity contribution in [2.75, 3.05) is 7.11 Å². The zero-order valence-corrected chi connectivity index (χ0v) is 9.78. The predicted octanol–water partition coefficient (Wildman–Crippen LogP) is 2.89. The van der Waals surface area contributed by atoms with Gasteiger partial charge in [-0.1, -0.05) is 24.3 Å². The summed E-state index contributed by atoms with van der Waals surface area (Å²) in [7, 11) is 1.70. The van der Waals surface area contributed by atoms with Crippen LogP contribution in [0.3, 0.4) is 0 Å². The fourth-order valence-electron chi connectivity index (χ4n) is 1.98. The first kappa shape index (κ1) is 11.2. The van der Waals surface area contributed by atoms with E-state index >= 15 is 0 Å². The highest BCUT2D eigenvalue weighted by Crippen LogP contribution is 2.13. The molecule has 1 aliphatic rings. The van der Waals surface area contributed by atoms with Gasteiger partial charge in [0, 0.05) is 12.6 Å². The minimum atomic E-state index is 0.645. The van der Waals surface area contributed by atoms with Gasteiger partial charge in [-0.05, 0) is 37.0 Å². The van der Waals surface area contributed by atoms with E-state index < -0.39 is 0 Å². The second kappa shape index (κ2) is 5.71. The van der Waals surface area contributed by atoms with Crippen LogP contribution < -0.4 is 10.1 Å². The van der Waals surface area contributed by atoms with Crippen LogP contribution in [-0.4, -0.2) is 13.2 Å². The van der Waals surface area contributed by atoms with Crippen molar-refractivity contribution in [3.05, 3.63) is 42.0 Å². The Balaban J connectivity index is 1.82. The Hall–Kier alpha value is -1.28. The molecule has 2 nitrogen and oxygen atoms in total. The van der Waals surface area contributed by atoms with Crippen molar-refractivity contribution in [1.82, 2.24) is 5.32 Å². The zero-order valence-electron chi connectivity index (χ0n) is 9.78. The minimum absolute atomic E-state index is 0.645. The monoisotopic (exact) mass is 217 g/mol. The first-order valence-corrected chi connectivity index (χ1v) is 5.90. The highest BCUT2D eigenvalue weighted by Gasteiger charge is 2.08. The first-order chi connectivity index (χ1) is 7.88. The molecule has 86 valence electrons. The molecule has 0 bridgehead atoms. The number of methoxy groups -OCH3 is 1. The third-order valence-electron chi connectivity index (χ3n) is 3.02. The predicted molar refractivity (Wildman–Crippen MR) is 66.6 cm³/mol. The SMILES string of the molecule is COc1ccc(CNC2CC=CCC2)cc1. The lowest BCUT2D eigenvalue weighted by Gasteiger charge is -2.19. The molecule has 1 aromatic rings. The molecular formula is C14H19NO. The number of ether oxygens (including phenoxy) is 1. The fraction of sp³-hybridized carbons (Fsp3) is 0.429. The third kappa shape index (κ3) is 3.11. The van der Waals surface area contributed by atoms with E-state index in [2.05, 4.69) is 29.6 Å². The van der Waals surface area contributed by atoms with E-state index in [1.807, 2.05) is 12.1 Å². The Morgan fingerprint density at radius 2 is 2.06 bits per heavy atom. The Kier molecular flexibility index (Phi) is 4.00. The molecule has 1 N–H and O–H groups in total. The largest absolute Gasteiger partial charge is 0.497 e. The van der Waals surface area contributed by atoms with Crippen LogP contribution in [0.15, 0.2) is 36.4 Å². The van der Waals surface area contributed by atoms with Crippen LogP contribution in [0, 0.1) is 0 Å². The minimum Gasteiger partial charge on any atom is -0.497 e. The van der Waals surface area contributed by atoms with Gasteiger partial charge in [-0.15, -0.1) is 0 Å². The lowest BCUT2D eigenvalue weighted by Crippen LogP contribution is -2.29. The van der Waals surface area contributed by atoms with Gasteiger partial charge >= 0.3 is 0 Å². The lowest BCUT2D eigenvalue weighted by molar-refractivity contribution is 0.414. The highest BCUT2D eigenvalue weighted by atomic mass is 16.5. The molecule has 0 aromatic heterocycles. The van der Waals surface area contributed by atoms with Crippen molar-refractivity contribution in [1.29, 1.82) is 0 Å².